The van der Waals surface area contributed by atoms with Crippen LogP contribution in [0.1, 0.15) is 13.3 Å². The Morgan fingerprint density at radius 3 is 2.52 bits per heavy atom. The highest BCUT2D eigenvalue weighted by molar-refractivity contribution is 7.89. The van der Waals surface area contributed by atoms with Gasteiger partial charge in [-0.05, 0) is 37.6 Å². The van der Waals surface area contributed by atoms with Gasteiger partial charge in [0.2, 0.25) is 10.0 Å². The molecule has 1 atom stereocenters. The smallest absolute Gasteiger partial charge is 0.309 e. The molecule has 1 aromatic rings. The third-order valence-corrected chi connectivity index (χ3v) is 5.46. The Hall–Kier alpha value is -2.04. The van der Waals surface area contributed by atoms with Crippen LogP contribution in [-0.2, 0) is 24.3 Å². The molecule has 2 amide bonds. The van der Waals surface area contributed by atoms with Crippen molar-refractivity contribution >= 4 is 21.8 Å². The van der Waals surface area contributed by atoms with Gasteiger partial charge in [-0.15, -0.1) is 0 Å². The molecule has 0 bridgehead atoms. The topological polar surface area (TPSA) is 105 Å². The molecule has 2 rings (SSSR count). The van der Waals surface area contributed by atoms with E-state index in [2.05, 4.69) is 10.6 Å². The fourth-order valence-electron chi connectivity index (χ4n) is 2.35. The lowest BCUT2D eigenvalue weighted by molar-refractivity contribution is -0.140. The lowest BCUT2D eigenvalue weighted by Gasteiger charge is -2.34. The first kappa shape index (κ1) is 19.3. The molecule has 1 fully saturated rings. The SMILES string of the molecule is CCNC(=O)C(=O)NCC1OCCCN1S(=O)(=O)c1ccc(F)cc1. The second-order valence-corrected chi connectivity index (χ2v) is 7.21. The standard InChI is InChI=1S/C15H20FN3O5S/c1-2-17-14(20)15(21)18-10-13-19(8-3-9-24-13)25(22,23)12-6-4-11(16)5-7-12/h4-7,13H,2-3,8-10H2,1H3,(H,17,20)(H,18,21). The number of carbonyl (C=O) groups is 2. The number of rotatable bonds is 5. The maximum Gasteiger partial charge on any atom is 0.309 e. The fraction of sp³-hybridized carbons (Fsp3) is 0.467. The second-order valence-electron chi connectivity index (χ2n) is 5.32. The molecule has 2 N–H and O–H groups in total. The van der Waals surface area contributed by atoms with Gasteiger partial charge < -0.3 is 15.4 Å². The van der Waals surface area contributed by atoms with Crippen LogP contribution < -0.4 is 10.6 Å². The minimum absolute atomic E-state index is 0.0700. The second kappa shape index (κ2) is 8.37. The van der Waals surface area contributed by atoms with E-state index in [1.165, 1.54) is 12.1 Å². The summed E-state index contributed by atoms with van der Waals surface area (Å²) in [7, 11) is -3.92. The van der Waals surface area contributed by atoms with E-state index < -0.39 is 33.9 Å². The molecule has 138 valence electrons. The monoisotopic (exact) mass is 373 g/mol. The first-order valence-corrected chi connectivity index (χ1v) is 9.25. The Bertz CT molecular complexity index is 723. The Morgan fingerprint density at radius 1 is 1.24 bits per heavy atom. The molecule has 1 aliphatic heterocycles. The van der Waals surface area contributed by atoms with E-state index >= 15 is 0 Å². The van der Waals surface area contributed by atoms with Crippen molar-refractivity contribution in [3.63, 3.8) is 0 Å². The molecule has 0 saturated carbocycles. The number of carbonyl (C=O) groups excluding carboxylic acids is 2. The van der Waals surface area contributed by atoms with Gasteiger partial charge in [-0.25, -0.2) is 12.8 Å². The lowest BCUT2D eigenvalue weighted by Crippen LogP contribution is -2.53. The largest absolute Gasteiger partial charge is 0.360 e. The zero-order chi connectivity index (χ0) is 18.4. The van der Waals surface area contributed by atoms with Gasteiger partial charge in [-0.3, -0.25) is 9.59 Å². The van der Waals surface area contributed by atoms with Crippen LogP contribution in [0.15, 0.2) is 29.2 Å². The third kappa shape index (κ3) is 4.74. The van der Waals surface area contributed by atoms with Gasteiger partial charge in [0.25, 0.3) is 0 Å². The number of hydrogen-bond donors (Lipinski definition) is 2. The molecule has 0 radical (unpaired) electrons. The van der Waals surface area contributed by atoms with E-state index in [0.29, 0.717) is 19.6 Å². The minimum atomic E-state index is -3.92. The van der Waals surface area contributed by atoms with Crippen LogP contribution in [0.3, 0.4) is 0 Å². The van der Waals surface area contributed by atoms with Gasteiger partial charge >= 0.3 is 11.8 Å². The van der Waals surface area contributed by atoms with Crippen molar-refractivity contribution in [2.45, 2.75) is 24.5 Å². The van der Waals surface area contributed by atoms with Crippen LogP contribution >= 0.6 is 0 Å². The van der Waals surface area contributed by atoms with E-state index in [1.54, 1.807) is 6.92 Å². The van der Waals surface area contributed by atoms with Crippen molar-refractivity contribution in [1.29, 1.82) is 0 Å². The average molecular weight is 373 g/mol. The first-order chi connectivity index (χ1) is 11.9. The highest BCUT2D eigenvalue weighted by Gasteiger charge is 2.34. The van der Waals surface area contributed by atoms with Crippen molar-refractivity contribution in [3.8, 4) is 0 Å². The summed E-state index contributed by atoms with van der Waals surface area (Å²) in [5, 5.41) is 4.70. The van der Waals surface area contributed by atoms with Crippen molar-refractivity contribution < 1.29 is 27.1 Å². The summed E-state index contributed by atoms with van der Waals surface area (Å²) in [6.07, 6.45) is -0.455. The molecule has 1 saturated heterocycles. The molecule has 0 spiro atoms. The Kier molecular flexibility index (Phi) is 6.45. The number of hydrogen-bond acceptors (Lipinski definition) is 5. The molecule has 25 heavy (non-hydrogen) atoms. The molecule has 0 aliphatic carbocycles. The fourth-order valence-corrected chi connectivity index (χ4v) is 3.91. The number of nitrogens with one attached hydrogen (secondary N) is 2. The molecule has 1 heterocycles. The van der Waals surface area contributed by atoms with Gasteiger partial charge in [0, 0.05) is 13.1 Å². The van der Waals surface area contributed by atoms with Gasteiger partial charge in [0.15, 0.2) is 0 Å². The number of nitrogens with zero attached hydrogens (tertiary/aromatic N) is 1. The minimum Gasteiger partial charge on any atom is -0.360 e. The molecule has 10 heteroatoms. The molecule has 1 aromatic carbocycles. The number of halogens is 1. The number of benzene rings is 1. The summed E-state index contributed by atoms with van der Waals surface area (Å²) < 4.78 is 45.0. The van der Waals surface area contributed by atoms with E-state index in [9.17, 15) is 22.4 Å². The number of ether oxygens (including phenoxy) is 1. The Balaban J connectivity index is 2.10. The first-order valence-electron chi connectivity index (χ1n) is 7.81. The Labute approximate surface area is 145 Å². The zero-order valence-electron chi connectivity index (χ0n) is 13.7. The molecule has 1 unspecified atom stereocenters. The average Bonchev–Trinajstić information content (AvgIpc) is 2.60. The Morgan fingerprint density at radius 2 is 1.88 bits per heavy atom. The van der Waals surface area contributed by atoms with Crippen LogP contribution in [0.4, 0.5) is 4.39 Å². The van der Waals surface area contributed by atoms with Crippen LogP contribution in [0.25, 0.3) is 0 Å². The van der Waals surface area contributed by atoms with Gasteiger partial charge in [0.1, 0.15) is 12.0 Å². The van der Waals surface area contributed by atoms with E-state index in [1.807, 2.05) is 0 Å². The van der Waals surface area contributed by atoms with Crippen molar-refractivity contribution in [1.82, 2.24) is 14.9 Å². The van der Waals surface area contributed by atoms with Gasteiger partial charge in [-0.2, -0.15) is 4.31 Å². The molecular weight excluding hydrogens is 353 g/mol. The van der Waals surface area contributed by atoms with Crippen molar-refractivity contribution in [2.75, 3.05) is 26.2 Å². The highest BCUT2D eigenvalue weighted by Crippen LogP contribution is 2.22. The maximum atomic E-state index is 13.0. The van der Waals surface area contributed by atoms with E-state index in [-0.39, 0.29) is 18.0 Å². The van der Waals surface area contributed by atoms with Crippen LogP contribution in [-0.4, -0.2) is 57.0 Å². The van der Waals surface area contributed by atoms with Crippen LogP contribution in [0.2, 0.25) is 0 Å². The number of sulfonamides is 1. The van der Waals surface area contributed by atoms with E-state index in [0.717, 1.165) is 16.4 Å². The predicted octanol–water partition coefficient (Wildman–Crippen LogP) is -0.185. The third-order valence-electron chi connectivity index (χ3n) is 3.56. The van der Waals surface area contributed by atoms with Crippen molar-refractivity contribution in [2.24, 2.45) is 0 Å². The molecule has 0 aromatic heterocycles. The maximum absolute atomic E-state index is 13.0. The molecule has 1 aliphatic rings. The summed E-state index contributed by atoms with van der Waals surface area (Å²) in [6.45, 7) is 2.33. The lowest BCUT2D eigenvalue weighted by atomic mass is 10.3. The van der Waals surface area contributed by atoms with Crippen LogP contribution in [0, 0.1) is 5.82 Å². The van der Waals surface area contributed by atoms with E-state index in [4.69, 9.17) is 4.74 Å². The highest BCUT2D eigenvalue weighted by atomic mass is 32.2. The normalized spacial score (nSPS) is 18.6. The molecule has 8 nitrogen and oxygen atoms in total. The van der Waals surface area contributed by atoms with Crippen molar-refractivity contribution in [3.05, 3.63) is 30.1 Å². The predicted molar refractivity (Wildman–Crippen MR) is 86.3 cm³/mol. The summed E-state index contributed by atoms with van der Waals surface area (Å²) >= 11 is 0. The van der Waals surface area contributed by atoms with Crippen LogP contribution in [0.5, 0.6) is 0 Å². The van der Waals surface area contributed by atoms with Gasteiger partial charge in [0.05, 0.1) is 18.0 Å². The number of amides is 2. The van der Waals surface area contributed by atoms with Gasteiger partial charge in [-0.1, -0.05) is 0 Å². The summed E-state index contributed by atoms with van der Waals surface area (Å²) in [4.78, 5) is 23.0. The quantitative estimate of drug-likeness (QED) is 0.697. The molecular formula is C15H20FN3O5S. The summed E-state index contributed by atoms with van der Waals surface area (Å²) in [5.41, 5.74) is 0. The zero-order valence-corrected chi connectivity index (χ0v) is 14.5. The number of likely N-dealkylation sites (N-methyl/N-ethyl adjacent to an activating group) is 1. The summed E-state index contributed by atoms with van der Waals surface area (Å²) in [6, 6.07) is 4.46. The summed E-state index contributed by atoms with van der Waals surface area (Å²) in [5.74, 6) is -2.21.